The van der Waals surface area contributed by atoms with Gasteiger partial charge in [-0.1, -0.05) is 46.4 Å². The van der Waals surface area contributed by atoms with Crippen molar-refractivity contribution in [1.29, 1.82) is 0 Å². The number of benzene rings is 1. The third kappa shape index (κ3) is 4.94. The van der Waals surface area contributed by atoms with E-state index < -0.39 is 11.7 Å². The van der Waals surface area contributed by atoms with Crippen LogP contribution in [0.4, 0.5) is 4.39 Å². The highest BCUT2D eigenvalue weighted by Gasteiger charge is 2.13. The number of rotatable bonds is 7. The first-order valence-corrected chi connectivity index (χ1v) is 7.45. The van der Waals surface area contributed by atoms with Crippen molar-refractivity contribution in [3.63, 3.8) is 0 Å². The molecule has 0 heterocycles. The lowest BCUT2D eigenvalue weighted by atomic mass is 10.2. The maximum Gasteiger partial charge on any atom is 0.254 e. The second-order valence-electron chi connectivity index (χ2n) is 3.96. The van der Waals surface area contributed by atoms with Gasteiger partial charge in [-0.25, -0.2) is 4.39 Å². The smallest absolute Gasteiger partial charge is 0.254 e. The zero-order valence-corrected chi connectivity index (χ0v) is 12.4. The molecule has 0 aliphatic carbocycles. The summed E-state index contributed by atoms with van der Waals surface area (Å²) in [7, 11) is 0. The maximum absolute atomic E-state index is 13.5. The molecule has 0 saturated heterocycles. The Labute approximate surface area is 120 Å². The van der Waals surface area contributed by atoms with E-state index in [9.17, 15) is 9.18 Å². The van der Waals surface area contributed by atoms with Crippen LogP contribution in [0.5, 0.6) is 0 Å². The first-order valence-electron chi connectivity index (χ1n) is 5.95. The van der Waals surface area contributed by atoms with Crippen molar-refractivity contribution in [2.75, 3.05) is 11.9 Å². The Morgan fingerprint density at radius 2 is 2.00 bits per heavy atom. The SMILES string of the molecule is O=C(NCCCCCCBr)c1cccc(Cl)c1F. The Morgan fingerprint density at radius 3 is 2.72 bits per heavy atom. The van der Waals surface area contributed by atoms with Crippen LogP contribution in [-0.2, 0) is 0 Å². The summed E-state index contributed by atoms with van der Waals surface area (Å²) in [5, 5.41) is 3.67. The van der Waals surface area contributed by atoms with Crippen LogP contribution in [0.2, 0.25) is 5.02 Å². The summed E-state index contributed by atoms with van der Waals surface area (Å²) in [6.07, 6.45) is 4.23. The fourth-order valence-electron chi connectivity index (χ4n) is 1.55. The van der Waals surface area contributed by atoms with Crippen molar-refractivity contribution in [1.82, 2.24) is 5.32 Å². The number of alkyl halides is 1. The van der Waals surface area contributed by atoms with Gasteiger partial charge in [-0.15, -0.1) is 0 Å². The van der Waals surface area contributed by atoms with E-state index in [1.165, 1.54) is 12.1 Å². The minimum Gasteiger partial charge on any atom is -0.352 e. The predicted octanol–water partition coefficient (Wildman–Crippen LogP) is 4.16. The monoisotopic (exact) mass is 335 g/mol. The Kier molecular flexibility index (Phi) is 7.28. The topological polar surface area (TPSA) is 29.1 Å². The van der Waals surface area contributed by atoms with Crippen LogP contribution >= 0.6 is 27.5 Å². The van der Waals surface area contributed by atoms with Crippen molar-refractivity contribution in [2.24, 2.45) is 0 Å². The van der Waals surface area contributed by atoms with E-state index in [1.807, 2.05) is 0 Å². The van der Waals surface area contributed by atoms with Crippen LogP contribution in [0.25, 0.3) is 0 Å². The molecule has 5 heteroatoms. The number of amides is 1. The Bertz CT molecular complexity index is 401. The maximum atomic E-state index is 13.5. The highest BCUT2D eigenvalue weighted by atomic mass is 79.9. The molecule has 0 radical (unpaired) electrons. The molecule has 1 amide bonds. The first-order chi connectivity index (χ1) is 8.66. The van der Waals surface area contributed by atoms with Gasteiger partial charge in [0.25, 0.3) is 5.91 Å². The Morgan fingerprint density at radius 1 is 1.28 bits per heavy atom. The minimum atomic E-state index is -0.657. The summed E-state index contributed by atoms with van der Waals surface area (Å²) in [5.41, 5.74) is 0.00274. The molecule has 0 aromatic heterocycles. The summed E-state index contributed by atoms with van der Waals surface area (Å²) in [6, 6.07) is 4.42. The van der Waals surface area contributed by atoms with Gasteiger partial charge in [-0.05, 0) is 25.0 Å². The molecule has 0 atom stereocenters. The zero-order valence-electron chi connectivity index (χ0n) is 10.0. The molecule has 1 aromatic carbocycles. The lowest BCUT2D eigenvalue weighted by molar-refractivity contribution is 0.0949. The highest BCUT2D eigenvalue weighted by Crippen LogP contribution is 2.17. The van der Waals surface area contributed by atoms with E-state index in [2.05, 4.69) is 21.2 Å². The fraction of sp³-hybridized carbons (Fsp3) is 0.462. The third-order valence-corrected chi connectivity index (χ3v) is 3.39. The van der Waals surface area contributed by atoms with Gasteiger partial charge < -0.3 is 5.32 Å². The molecule has 1 aromatic rings. The van der Waals surface area contributed by atoms with Crippen molar-refractivity contribution in [2.45, 2.75) is 25.7 Å². The van der Waals surface area contributed by atoms with Gasteiger partial charge in [0.15, 0.2) is 5.82 Å². The molecule has 2 nitrogen and oxygen atoms in total. The molecular weight excluding hydrogens is 321 g/mol. The lowest BCUT2D eigenvalue weighted by Crippen LogP contribution is -2.25. The van der Waals surface area contributed by atoms with E-state index >= 15 is 0 Å². The molecule has 0 fully saturated rings. The van der Waals surface area contributed by atoms with Crippen LogP contribution in [-0.4, -0.2) is 17.8 Å². The third-order valence-electron chi connectivity index (χ3n) is 2.54. The van der Waals surface area contributed by atoms with Gasteiger partial charge >= 0.3 is 0 Å². The first kappa shape index (κ1) is 15.4. The summed E-state index contributed by atoms with van der Waals surface area (Å²) in [6.45, 7) is 0.563. The molecule has 0 unspecified atom stereocenters. The van der Waals surface area contributed by atoms with E-state index in [4.69, 9.17) is 11.6 Å². The summed E-state index contributed by atoms with van der Waals surface area (Å²) >= 11 is 8.98. The van der Waals surface area contributed by atoms with Crippen molar-refractivity contribution in [3.05, 3.63) is 34.6 Å². The van der Waals surface area contributed by atoms with E-state index in [-0.39, 0.29) is 10.6 Å². The normalized spacial score (nSPS) is 10.4. The number of hydrogen-bond acceptors (Lipinski definition) is 1. The van der Waals surface area contributed by atoms with Crippen LogP contribution in [0, 0.1) is 5.82 Å². The molecule has 1 rings (SSSR count). The van der Waals surface area contributed by atoms with Gasteiger partial charge in [-0.2, -0.15) is 0 Å². The van der Waals surface area contributed by atoms with E-state index in [0.717, 1.165) is 31.0 Å². The molecular formula is C13H16BrClFNO. The van der Waals surface area contributed by atoms with Gasteiger partial charge in [0.1, 0.15) is 0 Å². The number of carbonyl (C=O) groups is 1. The van der Waals surface area contributed by atoms with Crippen molar-refractivity contribution < 1.29 is 9.18 Å². The summed E-state index contributed by atoms with van der Waals surface area (Å²) in [4.78, 5) is 11.7. The van der Waals surface area contributed by atoms with Crippen LogP contribution in [0.15, 0.2) is 18.2 Å². The molecule has 0 saturated carbocycles. The van der Waals surface area contributed by atoms with E-state index in [0.29, 0.717) is 6.54 Å². The fourth-order valence-corrected chi connectivity index (χ4v) is 2.12. The summed E-state index contributed by atoms with van der Waals surface area (Å²) in [5.74, 6) is -1.06. The molecule has 100 valence electrons. The molecule has 1 N–H and O–H groups in total. The molecule has 0 spiro atoms. The largest absolute Gasteiger partial charge is 0.352 e. The lowest BCUT2D eigenvalue weighted by Gasteiger charge is -2.06. The average Bonchev–Trinajstić information content (AvgIpc) is 2.36. The van der Waals surface area contributed by atoms with Crippen molar-refractivity contribution in [3.8, 4) is 0 Å². The quantitative estimate of drug-likeness (QED) is 0.588. The number of nitrogens with one attached hydrogen (secondary N) is 1. The molecule has 0 aliphatic rings. The number of unbranched alkanes of at least 4 members (excludes halogenated alkanes) is 3. The number of hydrogen-bond donors (Lipinski definition) is 1. The predicted molar refractivity (Wildman–Crippen MR) is 76.0 cm³/mol. The molecule has 0 bridgehead atoms. The molecule has 18 heavy (non-hydrogen) atoms. The summed E-state index contributed by atoms with van der Waals surface area (Å²) < 4.78 is 13.5. The zero-order chi connectivity index (χ0) is 13.4. The van der Waals surface area contributed by atoms with Gasteiger partial charge in [0.2, 0.25) is 0 Å². The average molecular weight is 337 g/mol. The van der Waals surface area contributed by atoms with E-state index in [1.54, 1.807) is 6.07 Å². The number of carbonyl (C=O) groups excluding carboxylic acids is 1. The Hall–Kier alpha value is -0.610. The minimum absolute atomic E-state index is 0.00274. The highest BCUT2D eigenvalue weighted by molar-refractivity contribution is 9.09. The van der Waals surface area contributed by atoms with Gasteiger partial charge in [0, 0.05) is 11.9 Å². The van der Waals surface area contributed by atoms with Gasteiger partial charge in [0.05, 0.1) is 10.6 Å². The van der Waals surface area contributed by atoms with Crippen molar-refractivity contribution >= 4 is 33.4 Å². The van der Waals surface area contributed by atoms with Crippen LogP contribution in [0.1, 0.15) is 36.0 Å². The van der Waals surface area contributed by atoms with Crippen LogP contribution < -0.4 is 5.32 Å². The Balaban J connectivity index is 2.35. The number of halogens is 3. The van der Waals surface area contributed by atoms with Gasteiger partial charge in [-0.3, -0.25) is 4.79 Å². The second-order valence-corrected chi connectivity index (χ2v) is 5.16. The standard InChI is InChI=1S/C13H16BrClFNO/c14-8-3-1-2-4-9-17-13(18)10-6-5-7-11(15)12(10)16/h5-7H,1-4,8-9H2,(H,17,18). The molecule has 0 aliphatic heterocycles. The van der Waals surface area contributed by atoms with Crippen LogP contribution in [0.3, 0.4) is 0 Å². The second kappa shape index (κ2) is 8.48.